The van der Waals surface area contributed by atoms with Crippen LogP contribution in [0.4, 0.5) is 5.82 Å². The van der Waals surface area contributed by atoms with Crippen LogP contribution in [0.3, 0.4) is 0 Å². The first-order valence-corrected chi connectivity index (χ1v) is 6.92. The molecule has 0 aliphatic carbocycles. The van der Waals surface area contributed by atoms with Gasteiger partial charge in [-0.25, -0.2) is 4.98 Å². The van der Waals surface area contributed by atoms with Gasteiger partial charge in [0.2, 0.25) is 0 Å². The first-order chi connectivity index (χ1) is 9.43. The molecule has 1 aromatic carbocycles. The van der Waals surface area contributed by atoms with Crippen molar-refractivity contribution in [3.63, 3.8) is 0 Å². The lowest BCUT2D eigenvalue weighted by Crippen LogP contribution is -2.46. The monoisotopic (exact) mass is 251 g/mol. The van der Waals surface area contributed by atoms with E-state index in [0.29, 0.717) is 6.04 Å². The predicted octanol–water partition coefficient (Wildman–Crippen LogP) is 2.14. The third kappa shape index (κ3) is 1.73. The van der Waals surface area contributed by atoms with Crippen LogP contribution in [-0.4, -0.2) is 24.6 Å². The summed E-state index contributed by atoms with van der Waals surface area (Å²) in [7, 11) is 0. The molecule has 3 heterocycles. The van der Waals surface area contributed by atoms with Gasteiger partial charge in [-0.2, -0.15) is 0 Å². The number of pyridine rings is 1. The van der Waals surface area contributed by atoms with Crippen molar-refractivity contribution in [3.8, 4) is 0 Å². The molecule has 2 aliphatic heterocycles. The molecule has 1 fully saturated rings. The minimum Gasteiger partial charge on any atom is -0.347 e. The highest BCUT2D eigenvalue weighted by Gasteiger charge is 2.30. The average molecular weight is 251 g/mol. The number of benzene rings is 1. The molecule has 1 atom stereocenters. The molecular weight excluding hydrogens is 234 g/mol. The summed E-state index contributed by atoms with van der Waals surface area (Å²) >= 11 is 0. The first-order valence-electron chi connectivity index (χ1n) is 6.92. The Bertz CT molecular complexity index is 555. The molecular formula is C16H17N3. The molecule has 4 rings (SSSR count). The Morgan fingerprint density at radius 2 is 2.00 bits per heavy atom. The lowest BCUT2D eigenvalue weighted by molar-refractivity contribution is 0.487. The predicted molar refractivity (Wildman–Crippen MR) is 76.4 cm³/mol. The molecule has 1 saturated heterocycles. The zero-order valence-corrected chi connectivity index (χ0v) is 10.8. The van der Waals surface area contributed by atoms with Gasteiger partial charge >= 0.3 is 0 Å². The molecule has 0 amide bonds. The summed E-state index contributed by atoms with van der Waals surface area (Å²) in [6, 6.07) is 13.5. The molecule has 2 aromatic rings. The summed E-state index contributed by atoms with van der Waals surface area (Å²) in [5.41, 5.74) is 4.24. The highest BCUT2D eigenvalue weighted by molar-refractivity contribution is 5.56. The molecule has 0 unspecified atom stereocenters. The third-order valence-electron chi connectivity index (χ3n) is 4.18. The molecule has 1 N–H and O–H groups in total. The van der Waals surface area contributed by atoms with Gasteiger partial charge in [0.25, 0.3) is 0 Å². The second-order valence-electron chi connectivity index (χ2n) is 5.28. The first kappa shape index (κ1) is 11.0. The van der Waals surface area contributed by atoms with Crippen molar-refractivity contribution in [2.75, 3.05) is 24.5 Å². The molecule has 0 spiro atoms. The SMILES string of the molecule is c1ccc2c(c1)Cc1cccnc1N1CCNC[C@@H]21. The van der Waals surface area contributed by atoms with Crippen LogP contribution in [0, 0.1) is 0 Å². The fraction of sp³-hybridized carbons (Fsp3) is 0.312. The van der Waals surface area contributed by atoms with Gasteiger partial charge in [-0.15, -0.1) is 0 Å². The lowest BCUT2D eigenvalue weighted by atomic mass is 9.96. The third-order valence-corrected chi connectivity index (χ3v) is 4.18. The molecule has 19 heavy (non-hydrogen) atoms. The van der Waals surface area contributed by atoms with E-state index in [-0.39, 0.29) is 0 Å². The van der Waals surface area contributed by atoms with Crippen molar-refractivity contribution in [1.82, 2.24) is 10.3 Å². The standard InChI is InChI=1S/C16H17N3/c1-2-6-14-12(4-1)10-13-5-3-7-18-16(13)19-9-8-17-11-15(14)19/h1-7,15,17H,8-11H2/t15-/m0/s1. The van der Waals surface area contributed by atoms with Gasteiger partial charge in [0.1, 0.15) is 5.82 Å². The number of rotatable bonds is 0. The molecule has 1 aromatic heterocycles. The van der Waals surface area contributed by atoms with Crippen molar-refractivity contribution in [2.45, 2.75) is 12.5 Å². The van der Waals surface area contributed by atoms with E-state index in [1.807, 2.05) is 12.3 Å². The smallest absolute Gasteiger partial charge is 0.132 e. The normalized spacial score (nSPS) is 21.1. The van der Waals surface area contributed by atoms with E-state index in [4.69, 9.17) is 0 Å². The minimum absolute atomic E-state index is 0.418. The second-order valence-corrected chi connectivity index (χ2v) is 5.28. The Morgan fingerprint density at radius 1 is 1.11 bits per heavy atom. The van der Waals surface area contributed by atoms with E-state index in [2.05, 4.69) is 45.5 Å². The van der Waals surface area contributed by atoms with Gasteiger partial charge in [0.05, 0.1) is 6.04 Å². The van der Waals surface area contributed by atoms with Gasteiger partial charge in [-0.05, 0) is 22.8 Å². The number of aromatic nitrogens is 1. The van der Waals surface area contributed by atoms with E-state index in [1.54, 1.807) is 0 Å². The Labute approximate surface area is 113 Å². The Balaban J connectivity index is 1.92. The number of nitrogens with one attached hydrogen (secondary N) is 1. The van der Waals surface area contributed by atoms with Gasteiger partial charge in [-0.3, -0.25) is 0 Å². The van der Waals surface area contributed by atoms with E-state index >= 15 is 0 Å². The fourth-order valence-electron chi connectivity index (χ4n) is 3.29. The van der Waals surface area contributed by atoms with Gasteiger partial charge < -0.3 is 10.2 Å². The summed E-state index contributed by atoms with van der Waals surface area (Å²) in [4.78, 5) is 7.11. The van der Waals surface area contributed by atoms with Crippen LogP contribution < -0.4 is 10.2 Å². The van der Waals surface area contributed by atoms with Crippen molar-refractivity contribution in [2.24, 2.45) is 0 Å². The summed E-state index contributed by atoms with van der Waals surface area (Å²) in [6.07, 6.45) is 2.90. The zero-order valence-electron chi connectivity index (χ0n) is 10.8. The molecule has 0 bridgehead atoms. The Morgan fingerprint density at radius 3 is 3.00 bits per heavy atom. The largest absolute Gasteiger partial charge is 0.347 e. The molecule has 0 radical (unpaired) electrons. The number of hydrogen-bond donors (Lipinski definition) is 1. The van der Waals surface area contributed by atoms with E-state index < -0.39 is 0 Å². The van der Waals surface area contributed by atoms with Crippen LogP contribution in [0.2, 0.25) is 0 Å². The minimum atomic E-state index is 0.418. The summed E-state index contributed by atoms with van der Waals surface area (Å²) in [5.74, 6) is 1.17. The number of hydrogen-bond acceptors (Lipinski definition) is 3. The van der Waals surface area contributed by atoms with Crippen molar-refractivity contribution < 1.29 is 0 Å². The molecule has 3 nitrogen and oxygen atoms in total. The summed E-state index contributed by atoms with van der Waals surface area (Å²) in [6.45, 7) is 3.07. The number of piperazine rings is 1. The van der Waals surface area contributed by atoms with Crippen molar-refractivity contribution >= 4 is 5.82 Å². The maximum atomic E-state index is 4.64. The zero-order chi connectivity index (χ0) is 12.7. The van der Waals surface area contributed by atoms with Crippen LogP contribution in [0.5, 0.6) is 0 Å². The molecule has 2 aliphatic rings. The van der Waals surface area contributed by atoms with Crippen LogP contribution >= 0.6 is 0 Å². The van der Waals surface area contributed by atoms with E-state index in [0.717, 1.165) is 26.1 Å². The van der Waals surface area contributed by atoms with Crippen molar-refractivity contribution in [3.05, 3.63) is 59.3 Å². The number of fused-ring (bicyclic) bond motifs is 5. The Kier molecular flexibility index (Phi) is 2.52. The maximum Gasteiger partial charge on any atom is 0.132 e. The van der Waals surface area contributed by atoms with Crippen LogP contribution in [0.15, 0.2) is 42.6 Å². The van der Waals surface area contributed by atoms with Crippen molar-refractivity contribution in [1.29, 1.82) is 0 Å². The van der Waals surface area contributed by atoms with Crippen LogP contribution in [0.1, 0.15) is 22.7 Å². The highest BCUT2D eigenvalue weighted by atomic mass is 15.3. The van der Waals surface area contributed by atoms with Gasteiger partial charge in [0, 0.05) is 32.3 Å². The molecule has 3 heteroatoms. The quantitative estimate of drug-likeness (QED) is 0.777. The van der Waals surface area contributed by atoms with E-state index in [1.165, 1.54) is 22.5 Å². The maximum absolute atomic E-state index is 4.64. The fourth-order valence-corrected chi connectivity index (χ4v) is 3.29. The van der Waals surface area contributed by atoms with Crippen LogP contribution in [-0.2, 0) is 6.42 Å². The summed E-state index contributed by atoms with van der Waals surface area (Å²) < 4.78 is 0. The second kappa shape index (κ2) is 4.35. The Hall–Kier alpha value is -1.87. The topological polar surface area (TPSA) is 28.2 Å². The lowest BCUT2D eigenvalue weighted by Gasteiger charge is -2.37. The van der Waals surface area contributed by atoms with E-state index in [9.17, 15) is 0 Å². The molecule has 0 saturated carbocycles. The highest BCUT2D eigenvalue weighted by Crippen LogP contribution is 2.36. The molecule has 96 valence electrons. The summed E-state index contributed by atoms with van der Waals surface area (Å²) in [5, 5.41) is 3.51. The van der Waals surface area contributed by atoms with Gasteiger partial charge in [0.15, 0.2) is 0 Å². The number of anilines is 1. The number of nitrogens with zero attached hydrogens (tertiary/aromatic N) is 2. The average Bonchev–Trinajstić information content (AvgIpc) is 2.62. The van der Waals surface area contributed by atoms with Crippen LogP contribution in [0.25, 0.3) is 0 Å². The van der Waals surface area contributed by atoms with Gasteiger partial charge in [-0.1, -0.05) is 30.3 Å².